The maximum absolute atomic E-state index is 13.6. The fourth-order valence-electron chi connectivity index (χ4n) is 2.97. The predicted molar refractivity (Wildman–Crippen MR) is 90.3 cm³/mol. The van der Waals surface area contributed by atoms with Crippen LogP contribution in [0.3, 0.4) is 0 Å². The summed E-state index contributed by atoms with van der Waals surface area (Å²) in [4.78, 5) is 13.9. The van der Waals surface area contributed by atoms with E-state index in [0.29, 0.717) is 23.7 Å². The first kappa shape index (κ1) is 18.3. The third-order valence-electron chi connectivity index (χ3n) is 4.11. The maximum atomic E-state index is 13.6. The Hall–Kier alpha value is -2.52. The lowest BCUT2D eigenvalue weighted by Crippen LogP contribution is -2.39. The predicted octanol–water partition coefficient (Wildman–Crippen LogP) is 1.97. The quantitative estimate of drug-likeness (QED) is 0.875. The highest BCUT2D eigenvalue weighted by Gasteiger charge is 2.32. The van der Waals surface area contributed by atoms with Crippen LogP contribution >= 0.6 is 0 Å². The summed E-state index contributed by atoms with van der Waals surface area (Å²) in [5.74, 6) is -2.29. The summed E-state index contributed by atoms with van der Waals surface area (Å²) in [7, 11) is -3.83. The molecule has 0 fully saturated rings. The second-order valence-corrected chi connectivity index (χ2v) is 7.58. The van der Waals surface area contributed by atoms with Gasteiger partial charge in [0.25, 0.3) is 5.91 Å². The van der Waals surface area contributed by atoms with E-state index in [2.05, 4.69) is 0 Å². The Labute approximate surface area is 149 Å². The highest BCUT2D eigenvalue weighted by atomic mass is 32.2. The molecule has 6 nitrogen and oxygen atoms in total. The van der Waals surface area contributed by atoms with Gasteiger partial charge in [0.2, 0.25) is 10.0 Å². The van der Waals surface area contributed by atoms with Crippen molar-refractivity contribution in [2.45, 2.75) is 24.3 Å². The molecule has 0 aliphatic carbocycles. The van der Waals surface area contributed by atoms with Crippen molar-refractivity contribution in [3.8, 4) is 5.75 Å². The fourth-order valence-corrected chi connectivity index (χ4v) is 3.53. The van der Waals surface area contributed by atoms with Crippen LogP contribution in [0.5, 0.6) is 5.75 Å². The first-order valence-corrected chi connectivity index (χ1v) is 9.27. The smallest absolute Gasteiger partial charge is 0.265 e. The zero-order valence-electron chi connectivity index (χ0n) is 13.8. The Kier molecular flexibility index (Phi) is 4.68. The average molecular weight is 382 g/mol. The van der Waals surface area contributed by atoms with E-state index in [-0.39, 0.29) is 16.7 Å². The average Bonchev–Trinajstić information content (AvgIpc) is 2.88. The van der Waals surface area contributed by atoms with E-state index in [4.69, 9.17) is 9.88 Å². The molecule has 2 aromatic rings. The highest BCUT2D eigenvalue weighted by Crippen LogP contribution is 2.33. The summed E-state index contributed by atoms with van der Waals surface area (Å²) >= 11 is 0. The van der Waals surface area contributed by atoms with Crippen LogP contribution in [0.2, 0.25) is 0 Å². The van der Waals surface area contributed by atoms with Gasteiger partial charge < -0.3 is 9.64 Å². The maximum Gasteiger partial charge on any atom is 0.265 e. The number of anilines is 1. The van der Waals surface area contributed by atoms with E-state index in [1.165, 1.54) is 23.1 Å². The zero-order valence-corrected chi connectivity index (χ0v) is 14.6. The molecule has 0 bridgehead atoms. The number of nitrogens with zero attached hydrogens (tertiary/aromatic N) is 1. The number of halogens is 2. The van der Waals surface area contributed by atoms with Crippen LogP contribution in [-0.4, -0.2) is 27.0 Å². The number of fused-ring (bicyclic) bond motifs is 1. The molecule has 0 saturated heterocycles. The molecular weight excluding hydrogens is 366 g/mol. The van der Waals surface area contributed by atoms with Gasteiger partial charge >= 0.3 is 0 Å². The van der Waals surface area contributed by atoms with Crippen LogP contribution < -0.4 is 14.8 Å². The molecule has 138 valence electrons. The number of ether oxygens (including phenoxy) is 1. The summed E-state index contributed by atoms with van der Waals surface area (Å²) < 4.78 is 54.6. The van der Waals surface area contributed by atoms with Gasteiger partial charge in [-0.1, -0.05) is 0 Å². The van der Waals surface area contributed by atoms with Gasteiger partial charge in [0.1, 0.15) is 5.82 Å². The number of carbonyl (C=O) groups is 1. The Bertz CT molecular complexity index is 979. The van der Waals surface area contributed by atoms with Crippen molar-refractivity contribution in [1.29, 1.82) is 0 Å². The summed E-state index contributed by atoms with van der Waals surface area (Å²) in [6.45, 7) is 1.36. The van der Waals surface area contributed by atoms with Gasteiger partial charge in [-0.25, -0.2) is 22.3 Å². The molecule has 26 heavy (non-hydrogen) atoms. The summed E-state index contributed by atoms with van der Waals surface area (Å²) in [5, 5.41) is 5.13. The van der Waals surface area contributed by atoms with Crippen LogP contribution in [-0.2, 0) is 21.2 Å². The summed E-state index contributed by atoms with van der Waals surface area (Å²) in [6.07, 6.45) is 0.454. The lowest BCUT2D eigenvalue weighted by Gasteiger charge is -2.23. The van der Waals surface area contributed by atoms with Crippen LogP contribution in [0.25, 0.3) is 0 Å². The standard InChI is InChI=1S/C17H16F2N2O4S/c1-10-6-11-7-13(26(20,23)24)3-4-15(11)21(10)17(22)9-25-16-5-2-12(18)8-14(16)19/h2-5,7-8,10H,6,9H2,1H3,(H2,20,23,24). The van der Waals surface area contributed by atoms with Gasteiger partial charge in [-0.2, -0.15) is 0 Å². The van der Waals surface area contributed by atoms with Crippen LogP contribution in [0, 0.1) is 11.6 Å². The summed E-state index contributed by atoms with van der Waals surface area (Å²) in [5.41, 5.74) is 1.23. The number of sulfonamides is 1. The molecule has 1 aliphatic heterocycles. The minimum absolute atomic E-state index is 0.0256. The van der Waals surface area contributed by atoms with Crippen molar-refractivity contribution < 1.29 is 26.7 Å². The number of amides is 1. The molecule has 0 aromatic heterocycles. The van der Waals surface area contributed by atoms with E-state index in [9.17, 15) is 22.0 Å². The second kappa shape index (κ2) is 6.65. The zero-order chi connectivity index (χ0) is 19.1. The molecule has 1 unspecified atom stereocenters. The number of benzene rings is 2. The molecule has 1 amide bonds. The van der Waals surface area contributed by atoms with Gasteiger partial charge in [0, 0.05) is 17.8 Å². The van der Waals surface area contributed by atoms with Gasteiger partial charge in [-0.3, -0.25) is 4.79 Å². The lowest BCUT2D eigenvalue weighted by atomic mass is 10.1. The molecular formula is C17H16F2N2O4S. The molecule has 2 aromatic carbocycles. The second-order valence-electron chi connectivity index (χ2n) is 6.02. The number of nitrogens with two attached hydrogens (primary N) is 1. The molecule has 0 spiro atoms. The number of carbonyl (C=O) groups excluding carboxylic acids is 1. The minimum atomic E-state index is -3.83. The topological polar surface area (TPSA) is 89.7 Å². The number of hydrogen-bond acceptors (Lipinski definition) is 4. The third kappa shape index (κ3) is 3.54. The van der Waals surface area contributed by atoms with Crippen LogP contribution in [0.15, 0.2) is 41.3 Å². The molecule has 1 atom stereocenters. The van der Waals surface area contributed by atoms with Gasteiger partial charge in [0.05, 0.1) is 4.90 Å². The van der Waals surface area contributed by atoms with E-state index < -0.39 is 34.2 Å². The number of hydrogen-bond donors (Lipinski definition) is 1. The minimum Gasteiger partial charge on any atom is -0.481 e. The van der Waals surface area contributed by atoms with Crippen molar-refractivity contribution in [3.05, 3.63) is 53.6 Å². The van der Waals surface area contributed by atoms with Gasteiger partial charge in [-0.15, -0.1) is 0 Å². The Morgan fingerprint density at radius 2 is 2.00 bits per heavy atom. The molecule has 1 heterocycles. The van der Waals surface area contributed by atoms with Crippen molar-refractivity contribution in [2.24, 2.45) is 5.14 Å². The summed E-state index contributed by atoms with van der Waals surface area (Å²) in [6, 6.07) is 6.86. The molecule has 1 aliphatic rings. The lowest BCUT2D eigenvalue weighted by molar-refractivity contribution is -0.120. The van der Waals surface area contributed by atoms with Crippen molar-refractivity contribution in [2.75, 3.05) is 11.5 Å². The first-order chi connectivity index (χ1) is 12.2. The van der Waals surface area contributed by atoms with Crippen molar-refractivity contribution in [3.63, 3.8) is 0 Å². The van der Waals surface area contributed by atoms with Crippen molar-refractivity contribution >= 4 is 21.6 Å². The molecule has 0 radical (unpaired) electrons. The SMILES string of the molecule is CC1Cc2cc(S(N)(=O)=O)ccc2N1C(=O)COc1ccc(F)cc1F. The fraction of sp³-hybridized carbons (Fsp3) is 0.235. The van der Waals surface area contributed by atoms with E-state index >= 15 is 0 Å². The normalized spacial score (nSPS) is 16.5. The number of primary sulfonamides is 1. The van der Waals surface area contributed by atoms with E-state index in [1.54, 1.807) is 6.92 Å². The highest BCUT2D eigenvalue weighted by molar-refractivity contribution is 7.89. The van der Waals surface area contributed by atoms with E-state index in [1.807, 2.05) is 0 Å². The third-order valence-corrected chi connectivity index (χ3v) is 5.02. The van der Waals surface area contributed by atoms with Gasteiger partial charge in [-0.05, 0) is 49.2 Å². The van der Waals surface area contributed by atoms with Crippen molar-refractivity contribution in [1.82, 2.24) is 0 Å². The Balaban J connectivity index is 1.79. The molecule has 2 N–H and O–H groups in total. The van der Waals surface area contributed by atoms with Crippen LogP contribution in [0.4, 0.5) is 14.5 Å². The largest absolute Gasteiger partial charge is 0.481 e. The van der Waals surface area contributed by atoms with E-state index in [0.717, 1.165) is 12.1 Å². The number of rotatable bonds is 4. The monoisotopic (exact) mass is 382 g/mol. The molecule has 9 heteroatoms. The Morgan fingerprint density at radius 1 is 1.27 bits per heavy atom. The van der Waals surface area contributed by atoms with Gasteiger partial charge in [0.15, 0.2) is 18.2 Å². The van der Waals surface area contributed by atoms with Crippen LogP contribution in [0.1, 0.15) is 12.5 Å². The first-order valence-electron chi connectivity index (χ1n) is 7.72. The Morgan fingerprint density at radius 3 is 2.65 bits per heavy atom. The molecule has 3 rings (SSSR count). The molecule has 0 saturated carbocycles.